The van der Waals surface area contributed by atoms with Crippen LogP contribution in [0.4, 0.5) is 11.6 Å². The molecule has 2 N–H and O–H groups in total. The van der Waals surface area contributed by atoms with E-state index < -0.39 is 11.8 Å². The lowest BCUT2D eigenvalue weighted by Gasteiger charge is -2.07. The van der Waals surface area contributed by atoms with Gasteiger partial charge in [-0.3, -0.25) is 14.9 Å². The molecule has 1 heterocycles. The molecule has 0 spiro atoms. The van der Waals surface area contributed by atoms with Crippen molar-refractivity contribution in [2.75, 3.05) is 17.7 Å². The van der Waals surface area contributed by atoms with Gasteiger partial charge < -0.3 is 10.1 Å². The van der Waals surface area contributed by atoms with Crippen LogP contribution < -0.4 is 15.4 Å². The number of ether oxygens (including phenoxy) is 1. The smallest absolute Gasteiger partial charge is 0.316 e. The summed E-state index contributed by atoms with van der Waals surface area (Å²) in [5.41, 5.74) is 0.370. The standard InChI is InChI=1S/C13H11ClN4O3/c1-21-10-4-3-8(7-9(10)14)17-11(19)12(20)18-13-15-5-2-6-16-13/h2-7H,1H3,(H,17,19)(H,15,16,18,20). The number of anilines is 2. The Kier molecular flexibility index (Phi) is 4.68. The molecule has 0 bridgehead atoms. The van der Waals surface area contributed by atoms with Gasteiger partial charge in [-0.05, 0) is 24.3 Å². The van der Waals surface area contributed by atoms with Gasteiger partial charge in [-0.15, -0.1) is 0 Å². The predicted octanol–water partition coefficient (Wildman–Crippen LogP) is 1.72. The van der Waals surface area contributed by atoms with Gasteiger partial charge in [-0.1, -0.05) is 11.6 Å². The highest BCUT2D eigenvalue weighted by molar-refractivity contribution is 6.43. The quantitative estimate of drug-likeness (QED) is 0.842. The molecule has 1 aromatic carbocycles. The van der Waals surface area contributed by atoms with Gasteiger partial charge in [0.2, 0.25) is 5.95 Å². The highest BCUT2D eigenvalue weighted by Crippen LogP contribution is 2.27. The molecule has 21 heavy (non-hydrogen) atoms. The number of aromatic nitrogens is 2. The average Bonchev–Trinajstić information content (AvgIpc) is 2.48. The first-order valence-electron chi connectivity index (χ1n) is 5.83. The highest BCUT2D eigenvalue weighted by atomic mass is 35.5. The van der Waals surface area contributed by atoms with Crippen LogP contribution in [0.5, 0.6) is 5.75 Å². The summed E-state index contributed by atoms with van der Waals surface area (Å²) in [7, 11) is 1.48. The Hall–Kier alpha value is -2.67. The normalized spacial score (nSPS) is 9.81. The van der Waals surface area contributed by atoms with E-state index in [-0.39, 0.29) is 5.95 Å². The van der Waals surface area contributed by atoms with E-state index in [1.54, 1.807) is 18.2 Å². The maximum atomic E-state index is 11.7. The van der Waals surface area contributed by atoms with Gasteiger partial charge in [0, 0.05) is 18.1 Å². The zero-order chi connectivity index (χ0) is 15.2. The lowest BCUT2D eigenvalue weighted by atomic mass is 10.3. The zero-order valence-corrected chi connectivity index (χ0v) is 11.7. The molecule has 108 valence electrons. The van der Waals surface area contributed by atoms with E-state index in [0.717, 1.165) is 0 Å². The molecule has 8 heteroatoms. The zero-order valence-electron chi connectivity index (χ0n) is 11.0. The minimum Gasteiger partial charge on any atom is -0.495 e. The van der Waals surface area contributed by atoms with E-state index in [4.69, 9.17) is 16.3 Å². The van der Waals surface area contributed by atoms with Crippen LogP contribution in [-0.4, -0.2) is 28.9 Å². The van der Waals surface area contributed by atoms with Crippen LogP contribution in [-0.2, 0) is 9.59 Å². The van der Waals surface area contributed by atoms with E-state index in [1.807, 2.05) is 0 Å². The number of amides is 2. The van der Waals surface area contributed by atoms with Gasteiger partial charge in [-0.2, -0.15) is 0 Å². The first kappa shape index (κ1) is 14.7. The predicted molar refractivity (Wildman–Crippen MR) is 77.3 cm³/mol. The third kappa shape index (κ3) is 3.90. The van der Waals surface area contributed by atoms with Crippen molar-refractivity contribution < 1.29 is 14.3 Å². The molecule has 0 aliphatic carbocycles. The number of hydrogen-bond donors (Lipinski definition) is 2. The van der Waals surface area contributed by atoms with E-state index in [9.17, 15) is 9.59 Å². The van der Waals surface area contributed by atoms with Crippen LogP contribution in [0.3, 0.4) is 0 Å². The molecule has 0 saturated heterocycles. The van der Waals surface area contributed by atoms with Gasteiger partial charge in [0.1, 0.15) is 5.75 Å². The van der Waals surface area contributed by atoms with Gasteiger partial charge in [0.05, 0.1) is 12.1 Å². The molecular weight excluding hydrogens is 296 g/mol. The van der Waals surface area contributed by atoms with E-state index >= 15 is 0 Å². The SMILES string of the molecule is COc1ccc(NC(=O)C(=O)Nc2ncccn2)cc1Cl. The summed E-state index contributed by atoms with van der Waals surface area (Å²) in [5.74, 6) is -1.22. The Bertz CT molecular complexity index is 664. The van der Waals surface area contributed by atoms with Gasteiger partial charge in [-0.25, -0.2) is 9.97 Å². The maximum Gasteiger partial charge on any atom is 0.316 e. The van der Waals surface area contributed by atoms with Crippen LogP contribution in [0, 0.1) is 0 Å². The third-order valence-electron chi connectivity index (χ3n) is 2.41. The molecule has 2 amide bonds. The second-order valence-corrected chi connectivity index (χ2v) is 4.24. The fourth-order valence-corrected chi connectivity index (χ4v) is 1.71. The number of benzene rings is 1. The van der Waals surface area contributed by atoms with Crippen molar-refractivity contribution in [2.24, 2.45) is 0 Å². The van der Waals surface area contributed by atoms with Crippen LogP contribution in [0.25, 0.3) is 0 Å². The number of methoxy groups -OCH3 is 1. The highest BCUT2D eigenvalue weighted by Gasteiger charge is 2.15. The van der Waals surface area contributed by atoms with Crippen molar-refractivity contribution in [3.8, 4) is 5.75 Å². The monoisotopic (exact) mass is 306 g/mol. The summed E-state index contributed by atoms with van der Waals surface area (Å²) in [6.07, 6.45) is 2.90. The second kappa shape index (κ2) is 6.67. The molecule has 0 radical (unpaired) electrons. The van der Waals surface area contributed by atoms with Crippen LogP contribution in [0.2, 0.25) is 5.02 Å². The van der Waals surface area contributed by atoms with Crippen LogP contribution >= 0.6 is 11.6 Å². The lowest BCUT2D eigenvalue weighted by molar-refractivity contribution is -0.133. The Balaban J connectivity index is 2.01. The molecule has 2 rings (SSSR count). The minimum absolute atomic E-state index is 0.0467. The number of nitrogens with one attached hydrogen (secondary N) is 2. The molecule has 0 unspecified atom stereocenters. The number of nitrogens with zero attached hydrogens (tertiary/aromatic N) is 2. The number of carbonyl (C=O) groups excluding carboxylic acids is 2. The van der Waals surface area contributed by atoms with Gasteiger partial charge in [0.15, 0.2) is 0 Å². The van der Waals surface area contributed by atoms with E-state index in [1.165, 1.54) is 25.6 Å². The fourth-order valence-electron chi connectivity index (χ4n) is 1.45. The van der Waals surface area contributed by atoms with Crippen molar-refractivity contribution in [3.63, 3.8) is 0 Å². The van der Waals surface area contributed by atoms with Crippen molar-refractivity contribution in [2.45, 2.75) is 0 Å². The molecule has 7 nitrogen and oxygen atoms in total. The maximum absolute atomic E-state index is 11.7. The summed E-state index contributed by atoms with van der Waals surface area (Å²) < 4.78 is 4.99. The third-order valence-corrected chi connectivity index (χ3v) is 2.70. The molecule has 2 aromatic rings. The first-order chi connectivity index (χ1) is 10.1. The molecule has 0 fully saturated rings. The number of rotatable bonds is 3. The van der Waals surface area contributed by atoms with Crippen molar-refractivity contribution >= 4 is 35.1 Å². The largest absolute Gasteiger partial charge is 0.495 e. The molecule has 0 aliphatic rings. The molecular formula is C13H11ClN4O3. The van der Waals surface area contributed by atoms with Crippen molar-refractivity contribution in [1.29, 1.82) is 0 Å². The first-order valence-corrected chi connectivity index (χ1v) is 6.21. The summed E-state index contributed by atoms with van der Waals surface area (Å²) in [6, 6.07) is 6.21. The molecule has 0 aliphatic heterocycles. The Morgan fingerprint density at radius 2 is 1.81 bits per heavy atom. The Morgan fingerprint density at radius 1 is 1.14 bits per heavy atom. The summed E-state index contributed by atoms with van der Waals surface area (Å²) in [4.78, 5) is 31.0. The topological polar surface area (TPSA) is 93.2 Å². The number of hydrogen-bond acceptors (Lipinski definition) is 5. The lowest BCUT2D eigenvalue weighted by Crippen LogP contribution is -2.29. The summed E-state index contributed by atoms with van der Waals surface area (Å²) >= 11 is 5.93. The van der Waals surface area contributed by atoms with Crippen LogP contribution in [0.1, 0.15) is 0 Å². The van der Waals surface area contributed by atoms with Gasteiger partial charge >= 0.3 is 11.8 Å². The number of halogens is 1. The second-order valence-electron chi connectivity index (χ2n) is 3.83. The average molecular weight is 307 g/mol. The van der Waals surface area contributed by atoms with Crippen LogP contribution in [0.15, 0.2) is 36.7 Å². The van der Waals surface area contributed by atoms with Gasteiger partial charge in [0.25, 0.3) is 0 Å². The fraction of sp³-hybridized carbons (Fsp3) is 0.0769. The Morgan fingerprint density at radius 3 is 2.43 bits per heavy atom. The molecule has 0 atom stereocenters. The summed E-state index contributed by atoms with van der Waals surface area (Å²) in [6.45, 7) is 0. The van der Waals surface area contributed by atoms with E-state index in [0.29, 0.717) is 16.5 Å². The minimum atomic E-state index is -0.881. The van der Waals surface area contributed by atoms with Crippen molar-refractivity contribution in [1.82, 2.24) is 9.97 Å². The Labute approximate surface area is 125 Å². The number of carbonyl (C=O) groups is 2. The molecule has 1 aromatic heterocycles. The summed E-state index contributed by atoms with van der Waals surface area (Å²) in [5, 5.41) is 5.00. The van der Waals surface area contributed by atoms with Crippen molar-refractivity contribution in [3.05, 3.63) is 41.7 Å². The molecule has 0 saturated carbocycles. The van der Waals surface area contributed by atoms with E-state index in [2.05, 4.69) is 20.6 Å².